The number of ketones is 1. The number of carbonyl (C=O) groups is 1. The van der Waals surface area contributed by atoms with Crippen molar-refractivity contribution in [2.45, 2.75) is 19.4 Å². The first-order chi connectivity index (χ1) is 26.1. The minimum absolute atomic E-state index is 0. The van der Waals surface area contributed by atoms with Gasteiger partial charge in [0, 0.05) is 42.7 Å². The molecule has 8 rings (SSSR count). The number of benzene rings is 3. The van der Waals surface area contributed by atoms with Gasteiger partial charge in [0.2, 0.25) is 0 Å². The first-order valence-electron chi connectivity index (χ1n) is 16.1. The first kappa shape index (κ1) is 42.6. The molecule has 14 heteroatoms. The molecule has 0 aliphatic heterocycles. The van der Waals surface area contributed by atoms with Crippen molar-refractivity contribution in [3.05, 3.63) is 185 Å². The molecule has 0 spiro atoms. The van der Waals surface area contributed by atoms with Crippen LogP contribution >= 0.6 is 34.0 Å². The van der Waals surface area contributed by atoms with Crippen LogP contribution in [0.3, 0.4) is 0 Å². The van der Waals surface area contributed by atoms with Gasteiger partial charge in [-0.2, -0.15) is 0 Å². The van der Waals surface area contributed by atoms with E-state index >= 15 is 0 Å². The van der Waals surface area contributed by atoms with Crippen molar-refractivity contribution in [3.8, 4) is 31.3 Å². The molecule has 1 atom stereocenters. The molecule has 3 aromatic carbocycles. The van der Waals surface area contributed by atoms with Gasteiger partial charge in [0.1, 0.15) is 28.1 Å². The molecular weight excluding hydrogens is 755 g/mol. The summed E-state index contributed by atoms with van der Waals surface area (Å²) < 4.78 is 38.0. The fourth-order valence-corrected chi connectivity index (χ4v) is 6.72. The van der Waals surface area contributed by atoms with Gasteiger partial charge in [-0.1, -0.05) is 42.0 Å². The van der Waals surface area contributed by atoms with Gasteiger partial charge in [0.15, 0.2) is 5.78 Å². The van der Waals surface area contributed by atoms with Gasteiger partial charge in [0.05, 0.1) is 15.3 Å². The normalized spacial score (nSPS) is 11.2. The minimum atomic E-state index is -1.17. The van der Waals surface area contributed by atoms with E-state index in [4.69, 9.17) is 0 Å². The summed E-state index contributed by atoms with van der Waals surface area (Å²) in [5.74, 6) is -0.611. The Kier molecular flexibility index (Phi) is 16.3. The number of hydrogen-bond donors (Lipinski definition) is 1. The average molecular weight is 786 g/mol. The number of carbonyl (C=O) groups excluding carboxylic acids is 1. The molecule has 1 N–H and O–H groups in total. The number of aromatic nitrogens is 5. The van der Waals surface area contributed by atoms with Gasteiger partial charge in [0.25, 0.3) is 0 Å². The van der Waals surface area contributed by atoms with Crippen LogP contribution in [0.5, 0.6) is 0 Å². The fourth-order valence-electron chi connectivity index (χ4n) is 4.54. The van der Waals surface area contributed by atoms with Crippen molar-refractivity contribution in [2.75, 3.05) is 0 Å². The quantitative estimate of drug-likeness (QED) is 0.105. The second-order valence-corrected chi connectivity index (χ2v) is 14.1. The van der Waals surface area contributed by atoms with Crippen LogP contribution in [-0.2, 0) is 5.60 Å². The van der Waals surface area contributed by atoms with E-state index in [-0.39, 0.29) is 42.1 Å². The van der Waals surface area contributed by atoms with Gasteiger partial charge < -0.3 is 10.1 Å². The van der Waals surface area contributed by atoms with Crippen LogP contribution < -0.4 is 18.9 Å². The molecule has 8 aromatic rings. The van der Waals surface area contributed by atoms with Crippen LogP contribution in [0.15, 0.2) is 146 Å². The Hall–Kier alpha value is -5.13. The standard InChI is InChI=1S/C16H13FN2OS.C9H6FNS.C9H5FNS.C7H7NO.Li/c1-16(20,12-6-8-18-9-7-12)15-19-10-14(21-15)11-2-4-13(17)5-3-11;2*10-8-3-1-7(2-4-8)9-5-11-6-12-9;1-6(9)7-2-4-8-5-3-7;/h2-10,20H,1H3;1-6H;1-5H;2-5H,1H3;/q;;-1;;+1. The van der Waals surface area contributed by atoms with Gasteiger partial charge in [-0.15, -0.1) is 33.7 Å². The molecule has 1 unspecified atom stereocenters. The maximum Gasteiger partial charge on any atom is 1.00 e. The van der Waals surface area contributed by atoms with E-state index in [1.165, 1.54) is 66.0 Å². The zero-order chi connectivity index (χ0) is 38.3. The van der Waals surface area contributed by atoms with Crippen molar-refractivity contribution in [1.82, 2.24) is 24.9 Å². The van der Waals surface area contributed by atoms with Crippen LogP contribution in [-0.4, -0.2) is 35.8 Å². The maximum absolute atomic E-state index is 13.0. The predicted molar refractivity (Wildman–Crippen MR) is 209 cm³/mol. The number of nitrogens with zero attached hydrogens (tertiary/aromatic N) is 5. The van der Waals surface area contributed by atoms with Crippen LogP contribution in [0.1, 0.15) is 34.8 Å². The van der Waals surface area contributed by atoms with E-state index in [1.54, 1.807) is 128 Å². The summed E-state index contributed by atoms with van der Waals surface area (Å²) in [5, 5.41) is 11.3. The smallest absolute Gasteiger partial charge is 0.394 e. The monoisotopic (exact) mass is 785 g/mol. The summed E-state index contributed by atoms with van der Waals surface area (Å²) in [6.45, 7) is 3.24. The maximum atomic E-state index is 13.0. The molecule has 0 fully saturated rings. The Morgan fingerprint density at radius 1 is 0.655 bits per heavy atom. The molecule has 5 aromatic heterocycles. The molecule has 0 saturated heterocycles. The molecule has 0 radical (unpaired) electrons. The number of rotatable bonds is 6. The SMILES string of the molecule is CC(=O)c1ccncc1.CC(O)(c1ccncc1)c1ncc(-c2ccc(F)cc2)s1.Fc1ccc(-c2cn[c-]s2)cc1.Fc1ccc(-c2cncs2)cc1.[Li+]. The minimum Gasteiger partial charge on any atom is -0.394 e. The second kappa shape index (κ2) is 21.1. The van der Waals surface area contributed by atoms with Gasteiger partial charge in [-0.25, -0.2) is 18.2 Å². The molecule has 7 nitrogen and oxygen atoms in total. The topological polar surface area (TPSA) is 102 Å². The molecule has 0 bridgehead atoms. The Morgan fingerprint density at radius 3 is 1.58 bits per heavy atom. The van der Waals surface area contributed by atoms with Crippen molar-refractivity contribution < 1.29 is 41.9 Å². The van der Waals surface area contributed by atoms with Crippen LogP contribution in [0, 0.1) is 23.0 Å². The van der Waals surface area contributed by atoms with Crippen LogP contribution in [0.25, 0.3) is 31.3 Å². The first-order valence-corrected chi connectivity index (χ1v) is 18.6. The van der Waals surface area contributed by atoms with Gasteiger partial charge in [-0.3, -0.25) is 31.1 Å². The van der Waals surface area contributed by atoms with E-state index < -0.39 is 5.60 Å². The molecule has 55 heavy (non-hydrogen) atoms. The van der Waals surface area contributed by atoms with Crippen molar-refractivity contribution >= 4 is 39.8 Å². The Bertz CT molecular complexity index is 2220. The predicted octanol–water partition coefficient (Wildman–Crippen LogP) is 7.59. The molecule has 5 heterocycles. The van der Waals surface area contributed by atoms with E-state index in [9.17, 15) is 23.1 Å². The summed E-state index contributed by atoms with van der Waals surface area (Å²) in [5.41, 5.74) is 7.65. The zero-order valence-electron chi connectivity index (χ0n) is 29.8. The molecule has 0 saturated carbocycles. The van der Waals surface area contributed by atoms with Crippen LogP contribution in [0.4, 0.5) is 13.2 Å². The molecule has 0 amide bonds. The summed E-state index contributed by atoms with van der Waals surface area (Å²) in [6.07, 6.45) is 11.7. The zero-order valence-corrected chi connectivity index (χ0v) is 32.3. The van der Waals surface area contributed by atoms with E-state index in [0.29, 0.717) is 10.6 Å². The summed E-state index contributed by atoms with van der Waals surface area (Å²) >= 11 is 4.36. The number of thiazole rings is 3. The van der Waals surface area contributed by atoms with Crippen molar-refractivity contribution in [2.24, 2.45) is 0 Å². The number of pyridine rings is 2. The van der Waals surface area contributed by atoms with Gasteiger partial charge >= 0.3 is 18.9 Å². The molecular formula is C41H31F3LiN5O2S3. The summed E-state index contributed by atoms with van der Waals surface area (Å²) in [4.78, 5) is 33.4. The number of hydrogen-bond acceptors (Lipinski definition) is 10. The largest absolute Gasteiger partial charge is 1.00 e. The molecule has 0 aliphatic carbocycles. The Morgan fingerprint density at radius 2 is 1.15 bits per heavy atom. The number of Topliss-reactive ketones (excluding diaryl/α,β-unsaturated/α-hetero) is 1. The third kappa shape index (κ3) is 12.7. The third-order valence-electron chi connectivity index (χ3n) is 7.46. The fraction of sp³-hybridized carbons (Fsp3) is 0.0732. The van der Waals surface area contributed by atoms with Crippen molar-refractivity contribution in [3.63, 3.8) is 0 Å². The van der Waals surface area contributed by atoms with Gasteiger partial charge in [-0.05, 0) is 96.7 Å². The van der Waals surface area contributed by atoms with E-state index in [2.05, 4.69) is 30.4 Å². The van der Waals surface area contributed by atoms with Crippen LogP contribution in [0.2, 0.25) is 0 Å². The average Bonchev–Trinajstić information content (AvgIpc) is 4.02. The summed E-state index contributed by atoms with van der Waals surface area (Å²) in [6, 6.07) is 25.9. The molecule has 0 aliphatic rings. The summed E-state index contributed by atoms with van der Waals surface area (Å²) in [7, 11) is 0. The van der Waals surface area contributed by atoms with E-state index in [0.717, 1.165) is 36.9 Å². The third-order valence-corrected chi connectivity index (χ3v) is 10.3. The van der Waals surface area contributed by atoms with E-state index in [1.807, 2.05) is 0 Å². The number of aliphatic hydroxyl groups is 1. The van der Waals surface area contributed by atoms with Crippen molar-refractivity contribution in [1.29, 1.82) is 0 Å². The second-order valence-electron chi connectivity index (χ2n) is 11.3. The molecule has 272 valence electrons. The number of halogens is 3. The Labute approximate surface area is 340 Å². The Balaban J connectivity index is 0.000000171.